The quantitative estimate of drug-likeness (QED) is 0.886. The van der Waals surface area contributed by atoms with Crippen LogP contribution in [0.5, 0.6) is 0 Å². The van der Waals surface area contributed by atoms with Crippen molar-refractivity contribution in [2.45, 2.75) is 13.1 Å². The van der Waals surface area contributed by atoms with Gasteiger partial charge in [-0.1, -0.05) is 11.6 Å². The highest BCUT2D eigenvalue weighted by Gasteiger charge is 2.04. The summed E-state index contributed by atoms with van der Waals surface area (Å²) in [5, 5.41) is 7.79. The van der Waals surface area contributed by atoms with Gasteiger partial charge in [0, 0.05) is 30.4 Å². The highest BCUT2D eigenvalue weighted by Crippen LogP contribution is 2.16. The van der Waals surface area contributed by atoms with Gasteiger partial charge in [0.15, 0.2) is 0 Å². The topological polar surface area (TPSA) is 39.1 Å². The molecule has 0 aliphatic heterocycles. The van der Waals surface area contributed by atoms with Crippen molar-refractivity contribution in [2.75, 3.05) is 19.0 Å². The predicted octanol–water partition coefficient (Wildman–Crippen LogP) is 2.93. The van der Waals surface area contributed by atoms with Crippen molar-refractivity contribution in [3.05, 3.63) is 47.0 Å². The maximum absolute atomic E-state index is 13.5. The molecular weight excluding hydrogens is 269 g/mol. The molecule has 0 atom stereocenters. The average molecular weight is 284 g/mol. The predicted molar refractivity (Wildman–Crippen MR) is 72.8 cm³/mol. The molecule has 2 rings (SSSR count). The monoisotopic (exact) mass is 283 g/mol. The molecule has 2 aromatic rings. The molecule has 0 radical (unpaired) electrons. The van der Waals surface area contributed by atoms with Crippen LogP contribution in [0.3, 0.4) is 0 Å². The van der Waals surface area contributed by atoms with Crippen LogP contribution in [-0.4, -0.2) is 23.5 Å². The molecule has 0 saturated carbocycles. The molecule has 0 unspecified atom stereocenters. The molecule has 0 saturated heterocycles. The fourth-order valence-corrected chi connectivity index (χ4v) is 1.83. The Kier molecular flexibility index (Phi) is 4.76. The van der Waals surface area contributed by atoms with Crippen LogP contribution in [0.15, 0.2) is 30.6 Å². The van der Waals surface area contributed by atoms with Crippen LogP contribution in [-0.2, 0) is 17.8 Å². The normalized spacial score (nSPS) is 10.7. The first-order chi connectivity index (χ1) is 9.19. The van der Waals surface area contributed by atoms with Gasteiger partial charge in [0.05, 0.1) is 25.0 Å². The summed E-state index contributed by atoms with van der Waals surface area (Å²) in [4.78, 5) is 0. The number of benzene rings is 1. The zero-order valence-corrected chi connectivity index (χ0v) is 11.3. The SMILES string of the molecule is COCCn1cc(NCc2cc(Cl)ccc2F)cn1. The third-order valence-electron chi connectivity index (χ3n) is 2.65. The molecule has 4 nitrogen and oxygen atoms in total. The van der Waals surface area contributed by atoms with E-state index in [1.165, 1.54) is 12.1 Å². The van der Waals surface area contributed by atoms with Gasteiger partial charge in [0.2, 0.25) is 0 Å². The molecule has 6 heteroatoms. The zero-order chi connectivity index (χ0) is 13.7. The number of aromatic nitrogens is 2. The second kappa shape index (κ2) is 6.54. The molecule has 0 aliphatic rings. The Hall–Kier alpha value is -1.59. The molecule has 1 heterocycles. The van der Waals surface area contributed by atoms with Gasteiger partial charge in [-0.3, -0.25) is 4.68 Å². The van der Waals surface area contributed by atoms with Crippen molar-refractivity contribution in [3.63, 3.8) is 0 Å². The first kappa shape index (κ1) is 13.8. The number of hydrogen-bond acceptors (Lipinski definition) is 3. The molecule has 0 spiro atoms. The van der Waals surface area contributed by atoms with E-state index in [1.807, 2.05) is 6.20 Å². The number of ether oxygens (including phenoxy) is 1. The van der Waals surface area contributed by atoms with Gasteiger partial charge in [-0.05, 0) is 18.2 Å². The minimum atomic E-state index is -0.274. The lowest BCUT2D eigenvalue weighted by Crippen LogP contribution is -2.04. The van der Waals surface area contributed by atoms with Crippen LogP contribution in [0.25, 0.3) is 0 Å². The van der Waals surface area contributed by atoms with Crippen LogP contribution < -0.4 is 5.32 Å². The molecule has 0 aliphatic carbocycles. The molecule has 0 bridgehead atoms. The van der Waals surface area contributed by atoms with Crippen LogP contribution in [0.2, 0.25) is 5.02 Å². The number of nitrogens with zero attached hydrogens (tertiary/aromatic N) is 2. The molecule has 1 aromatic heterocycles. The van der Waals surface area contributed by atoms with Crippen LogP contribution in [0.4, 0.5) is 10.1 Å². The minimum Gasteiger partial charge on any atom is -0.383 e. The van der Waals surface area contributed by atoms with Crippen molar-refractivity contribution in [3.8, 4) is 0 Å². The Morgan fingerprint density at radius 2 is 2.32 bits per heavy atom. The molecule has 0 amide bonds. The third-order valence-corrected chi connectivity index (χ3v) is 2.88. The Morgan fingerprint density at radius 1 is 1.47 bits per heavy atom. The van der Waals surface area contributed by atoms with Crippen molar-refractivity contribution in [1.29, 1.82) is 0 Å². The van der Waals surface area contributed by atoms with Crippen LogP contribution in [0.1, 0.15) is 5.56 Å². The zero-order valence-electron chi connectivity index (χ0n) is 10.6. The fourth-order valence-electron chi connectivity index (χ4n) is 1.64. The number of rotatable bonds is 6. The Bertz CT molecular complexity index is 544. The summed E-state index contributed by atoms with van der Waals surface area (Å²) in [5.41, 5.74) is 1.35. The first-order valence-electron chi connectivity index (χ1n) is 5.88. The van der Waals surface area contributed by atoms with Gasteiger partial charge >= 0.3 is 0 Å². The molecule has 0 fully saturated rings. The van der Waals surface area contributed by atoms with E-state index in [9.17, 15) is 4.39 Å². The van der Waals surface area contributed by atoms with Gasteiger partial charge < -0.3 is 10.1 Å². The van der Waals surface area contributed by atoms with E-state index >= 15 is 0 Å². The summed E-state index contributed by atoms with van der Waals surface area (Å²) < 4.78 is 20.2. The van der Waals surface area contributed by atoms with Crippen molar-refractivity contribution in [2.24, 2.45) is 0 Å². The maximum Gasteiger partial charge on any atom is 0.128 e. The first-order valence-corrected chi connectivity index (χ1v) is 6.26. The Balaban J connectivity index is 1.94. The minimum absolute atomic E-state index is 0.274. The highest BCUT2D eigenvalue weighted by atomic mass is 35.5. The van der Waals surface area contributed by atoms with Gasteiger partial charge in [-0.15, -0.1) is 0 Å². The highest BCUT2D eigenvalue weighted by molar-refractivity contribution is 6.30. The van der Waals surface area contributed by atoms with E-state index < -0.39 is 0 Å². The Morgan fingerprint density at radius 3 is 3.11 bits per heavy atom. The second-order valence-corrected chi connectivity index (χ2v) is 4.51. The largest absolute Gasteiger partial charge is 0.383 e. The fraction of sp³-hybridized carbons (Fsp3) is 0.308. The summed E-state index contributed by atoms with van der Waals surface area (Å²) in [6.07, 6.45) is 3.54. The lowest BCUT2D eigenvalue weighted by atomic mass is 10.2. The van der Waals surface area contributed by atoms with E-state index in [0.29, 0.717) is 30.3 Å². The third kappa shape index (κ3) is 3.94. The van der Waals surface area contributed by atoms with Gasteiger partial charge in [-0.25, -0.2) is 4.39 Å². The lowest BCUT2D eigenvalue weighted by Gasteiger charge is -2.05. The van der Waals surface area contributed by atoms with Crippen molar-refractivity contribution >= 4 is 17.3 Å². The lowest BCUT2D eigenvalue weighted by molar-refractivity contribution is 0.183. The van der Waals surface area contributed by atoms with E-state index in [-0.39, 0.29) is 5.82 Å². The van der Waals surface area contributed by atoms with E-state index in [4.69, 9.17) is 16.3 Å². The number of nitrogens with one attached hydrogen (secondary N) is 1. The van der Waals surface area contributed by atoms with E-state index in [1.54, 1.807) is 24.1 Å². The summed E-state index contributed by atoms with van der Waals surface area (Å²) in [7, 11) is 1.64. The van der Waals surface area contributed by atoms with Crippen LogP contribution >= 0.6 is 11.6 Å². The number of halogens is 2. The average Bonchev–Trinajstić information content (AvgIpc) is 2.85. The molecule has 1 N–H and O–H groups in total. The standard InChI is InChI=1S/C13H15ClFN3O/c1-19-5-4-18-9-12(8-17-18)16-7-10-6-11(14)2-3-13(10)15/h2-3,6,8-9,16H,4-5,7H2,1H3. The van der Waals surface area contributed by atoms with Crippen LogP contribution in [0, 0.1) is 5.82 Å². The Labute approximate surface area is 116 Å². The molecule has 19 heavy (non-hydrogen) atoms. The molecule has 1 aromatic carbocycles. The summed E-state index contributed by atoms with van der Waals surface area (Å²) in [5.74, 6) is -0.274. The van der Waals surface area contributed by atoms with E-state index in [0.717, 1.165) is 5.69 Å². The number of anilines is 1. The van der Waals surface area contributed by atoms with E-state index in [2.05, 4.69) is 10.4 Å². The van der Waals surface area contributed by atoms with Crippen molar-refractivity contribution < 1.29 is 9.13 Å². The maximum atomic E-state index is 13.5. The molecular formula is C13H15ClFN3O. The van der Waals surface area contributed by atoms with Gasteiger partial charge in [-0.2, -0.15) is 5.10 Å². The smallest absolute Gasteiger partial charge is 0.128 e. The van der Waals surface area contributed by atoms with Crippen molar-refractivity contribution in [1.82, 2.24) is 9.78 Å². The molecule has 102 valence electrons. The summed E-state index contributed by atoms with van der Waals surface area (Å²) in [6, 6.07) is 4.50. The number of hydrogen-bond donors (Lipinski definition) is 1. The van der Waals surface area contributed by atoms with Gasteiger partial charge in [0.25, 0.3) is 0 Å². The summed E-state index contributed by atoms with van der Waals surface area (Å²) >= 11 is 5.84. The van der Waals surface area contributed by atoms with Gasteiger partial charge in [0.1, 0.15) is 5.82 Å². The summed E-state index contributed by atoms with van der Waals surface area (Å²) in [6.45, 7) is 1.65. The number of methoxy groups -OCH3 is 1. The second-order valence-electron chi connectivity index (χ2n) is 4.07.